The molecule has 2 saturated heterocycles. The van der Waals surface area contributed by atoms with Crippen molar-refractivity contribution in [3.8, 4) is 11.5 Å². The van der Waals surface area contributed by atoms with E-state index in [2.05, 4.69) is 0 Å². The molecule has 10 heteroatoms. The molecule has 0 unspecified atom stereocenters. The molecule has 0 aromatic heterocycles. The summed E-state index contributed by atoms with van der Waals surface area (Å²) in [4.78, 5) is 48.3. The summed E-state index contributed by atoms with van der Waals surface area (Å²) in [5.41, 5.74) is 2.20. The molecule has 2 heterocycles. The molecule has 2 aliphatic rings. The number of fused-ring (bicyclic) bond motifs is 2. The van der Waals surface area contributed by atoms with Crippen LogP contribution in [-0.4, -0.2) is 71.8 Å². The standard InChI is InChI=1S/C35H34N4O6/c1-44-30-19-11-9-17-27(30)39(28-18-10-12-20-31(28)45-2)34(42)36-23-26-21-22-29(32(36)33(40)41)38(26)35(43)37(24-13-5-3-6-14-24)25-15-7-4-8-16-25/h3-20,26,29,32H,21-23H2,1-2H3,(H,40,41)/t26-,29+,32-/m0/s1. The van der Waals surface area contributed by atoms with Gasteiger partial charge in [-0.3, -0.25) is 9.80 Å². The van der Waals surface area contributed by atoms with Crippen LogP contribution in [0.25, 0.3) is 0 Å². The normalized spacial score (nSPS) is 18.7. The zero-order valence-corrected chi connectivity index (χ0v) is 25.0. The Hall–Kier alpha value is -5.51. The number of likely N-dealkylation sites (tertiary alicyclic amines) is 1. The maximum Gasteiger partial charge on any atom is 0.330 e. The number of hydrogen-bond donors (Lipinski definition) is 1. The van der Waals surface area contributed by atoms with E-state index >= 15 is 0 Å². The second kappa shape index (κ2) is 12.6. The zero-order valence-electron chi connectivity index (χ0n) is 25.0. The lowest BCUT2D eigenvalue weighted by Gasteiger charge is -2.47. The Bertz CT molecular complexity index is 1600. The molecule has 0 saturated carbocycles. The Morgan fingerprint density at radius 3 is 1.64 bits per heavy atom. The van der Waals surface area contributed by atoms with Crippen molar-refractivity contribution in [2.45, 2.75) is 31.0 Å². The fourth-order valence-electron chi connectivity index (χ4n) is 6.48. The molecule has 230 valence electrons. The number of para-hydroxylation sites is 6. The Balaban J connectivity index is 1.40. The maximum absolute atomic E-state index is 14.7. The number of carbonyl (C=O) groups is 3. The van der Waals surface area contributed by atoms with Gasteiger partial charge in [0.2, 0.25) is 0 Å². The second-order valence-electron chi connectivity index (χ2n) is 10.9. The van der Waals surface area contributed by atoms with Gasteiger partial charge >= 0.3 is 18.0 Å². The van der Waals surface area contributed by atoms with Crippen molar-refractivity contribution in [1.82, 2.24) is 9.80 Å². The quantitative estimate of drug-likeness (QED) is 0.257. The second-order valence-corrected chi connectivity index (χ2v) is 10.9. The van der Waals surface area contributed by atoms with E-state index in [-0.39, 0.29) is 12.6 Å². The van der Waals surface area contributed by atoms with Crippen LogP contribution in [0.3, 0.4) is 0 Å². The summed E-state index contributed by atoms with van der Waals surface area (Å²) in [6.07, 6.45) is 1.00. The first-order chi connectivity index (χ1) is 21.9. The van der Waals surface area contributed by atoms with Gasteiger partial charge < -0.3 is 24.4 Å². The van der Waals surface area contributed by atoms with Crippen LogP contribution >= 0.6 is 0 Å². The smallest absolute Gasteiger partial charge is 0.330 e. The van der Waals surface area contributed by atoms with Crippen molar-refractivity contribution in [2.24, 2.45) is 0 Å². The zero-order chi connectivity index (χ0) is 31.5. The molecule has 2 aliphatic heterocycles. The average molecular weight is 607 g/mol. The lowest BCUT2D eigenvalue weighted by molar-refractivity contribution is -0.145. The fourth-order valence-corrected chi connectivity index (χ4v) is 6.48. The van der Waals surface area contributed by atoms with Gasteiger partial charge in [0.05, 0.1) is 49.1 Å². The Kier molecular flexibility index (Phi) is 8.28. The molecular weight excluding hydrogens is 572 g/mol. The number of piperazine rings is 1. The Morgan fingerprint density at radius 2 is 1.16 bits per heavy atom. The van der Waals surface area contributed by atoms with Crippen molar-refractivity contribution in [3.63, 3.8) is 0 Å². The molecule has 4 aromatic carbocycles. The number of anilines is 4. The highest BCUT2D eigenvalue weighted by atomic mass is 16.5. The summed E-state index contributed by atoms with van der Waals surface area (Å²) in [6.45, 7) is 0.0380. The number of rotatable bonds is 7. The molecule has 3 atom stereocenters. The topological polar surface area (TPSA) is 103 Å². The predicted molar refractivity (Wildman–Crippen MR) is 171 cm³/mol. The molecule has 4 amide bonds. The van der Waals surface area contributed by atoms with Gasteiger partial charge in [-0.25, -0.2) is 14.4 Å². The van der Waals surface area contributed by atoms with Crippen LogP contribution in [-0.2, 0) is 4.79 Å². The van der Waals surface area contributed by atoms with Crippen molar-refractivity contribution < 1.29 is 29.0 Å². The third-order valence-corrected chi connectivity index (χ3v) is 8.44. The highest BCUT2D eigenvalue weighted by Crippen LogP contribution is 2.43. The molecule has 1 N–H and O–H groups in total. The number of carboxylic acids is 1. The minimum Gasteiger partial charge on any atom is -0.495 e. The van der Waals surface area contributed by atoms with Gasteiger partial charge in [0.15, 0.2) is 6.04 Å². The number of urea groups is 2. The van der Waals surface area contributed by atoms with Crippen LogP contribution in [0.4, 0.5) is 32.3 Å². The Labute approximate surface area is 261 Å². The molecule has 6 rings (SSSR count). The van der Waals surface area contributed by atoms with E-state index in [1.807, 2.05) is 60.7 Å². The largest absolute Gasteiger partial charge is 0.495 e. The average Bonchev–Trinajstić information content (AvgIpc) is 3.38. The summed E-state index contributed by atoms with van der Waals surface area (Å²) in [5.74, 6) is -0.318. The molecule has 0 aliphatic carbocycles. The van der Waals surface area contributed by atoms with Gasteiger partial charge in [-0.1, -0.05) is 60.7 Å². The molecule has 10 nitrogen and oxygen atoms in total. The monoisotopic (exact) mass is 606 g/mol. The number of carbonyl (C=O) groups excluding carboxylic acids is 2. The van der Waals surface area contributed by atoms with Crippen molar-refractivity contribution >= 4 is 40.8 Å². The van der Waals surface area contributed by atoms with Gasteiger partial charge in [0, 0.05) is 6.54 Å². The van der Waals surface area contributed by atoms with E-state index in [1.165, 1.54) is 24.0 Å². The molecule has 0 radical (unpaired) electrons. The molecule has 4 aromatic rings. The van der Waals surface area contributed by atoms with Crippen molar-refractivity contribution in [3.05, 3.63) is 109 Å². The van der Waals surface area contributed by atoms with Crippen molar-refractivity contribution in [1.29, 1.82) is 0 Å². The minimum absolute atomic E-state index is 0.0380. The number of benzene rings is 4. The highest BCUT2D eigenvalue weighted by Gasteiger charge is 2.54. The summed E-state index contributed by atoms with van der Waals surface area (Å²) >= 11 is 0. The summed E-state index contributed by atoms with van der Waals surface area (Å²) < 4.78 is 11.2. The van der Waals surface area contributed by atoms with Crippen molar-refractivity contribution in [2.75, 3.05) is 30.6 Å². The first-order valence-corrected chi connectivity index (χ1v) is 14.8. The van der Waals surface area contributed by atoms with Gasteiger partial charge in [0.25, 0.3) is 0 Å². The number of hydrogen-bond acceptors (Lipinski definition) is 5. The summed E-state index contributed by atoms with van der Waals surface area (Å²) in [5, 5.41) is 10.7. The highest BCUT2D eigenvalue weighted by molar-refractivity contribution is 6.05. The van der Waals surface area contributed by atoms with Gasteiger partial charge in [-0.05, 0) is 61.4 Å². The number of ether oxygens (including phenoxy) is 2. The summed E-state index contributed by atoms with van der Waals surface area (Å²) in [6, 6.07) is 29.4. The molecule has 45 heavy (non-hydrogen) atoms. The first kappa shape index (κ1) is 29.6. The van der Waals surface area contributed by atoms with Crippen LogP contribution in [0.1, 0.15) is 12.8 Å². The predicted octanol–water partition coefficient (Wildman–Crippen LogP) is 6.52. The van der Waals surface area contributed by atoms with Crippen LogP contribution < -0.4 is 19.3 Å². The van der Waals surface area contributed by atoms with E-state index in [0.717, 1.165) is 0 Å². The lowest BCUT2D eigenvalue weighted by atomic mass is 10.0. The van der Waals surface area contributed by atoms with Crippen LogP contribution in [0.2, 0.25) is 0 Å². The van der Waals surface area contributed by atoms with E-state index in [0.29, 0.717) is 47.1 Å². The van der Waals surface area contributed by atoms with E-state index in [1.54, 1.807) is 58.3 Å². The summed E-state index contributed by atoms with van der Waals surface area (Å²) in [7, 11) is 3.03. The van der Waals surface area contributed by atoms with Gasteiger partial charge in [0.1, 0.15) is 11.5 Å². The third kappa shape index (κ3) is 5.39. The number of carboxylic acid groups (broad SMARTS) is 1. The van der Waals surface area contributed by atoms with E-state index < -0.39 is 30.1 Å². The fraction of sp³-hybridized carbons (Fsp3) is 0.229. The number of methoxy groups -OCH3 is 2. The molecule has 2 bridgehead atoms. The van der Waals surface area contributed by atoms with E-state index in [4.69, 9.17) is 9.47 Å². The lowest BCUT2D eigenvalue weighted by Crippen LogP contribution is -2.67. The van der Waals surface area contributed by atoms with Gasteiger partial charge in [-0.2, -0.15) is 0 Å². The minimum atomic E-state index is -1.29. The van der Waals surface area contributed by atoms with Crippen LogP contribution in [0, 0.1) is 0 Å². The van der Waals surface area contributed by atoms with E-state index in [9.17, 15) is 19.5 Å². The molecule has 2 fully saturated rings. The maximum atomic E-state index is 14.7. The SMILES string of the molecule is COc1ccccc1N(C(=O)N1C[C@@H]2CC[C@H]([C@H]1C(=O)O)N2C(=O)N(c1ccccc1)c1ccccc1)c1ccccc1OC. The Morgan fingerprint density at radius 1 is 0.667 bits per heavy atom. The third-order valence-electron chi connectivity index (χ3n) is 8.44. The molecular formula is C35H34N4O6. The van der Waals surface area contributed by atoms with Gasteiger partial charge in [-0.15, -0.1) is 0 Å². The van der Waals surface area contributed by atoms with Crippen LogP contribution in [0.15, 0.2) is 109 Å². The number of amides is 4. The molecule has 0 spiro atoms. The number of aliphatic carboxylic acids is 1. The number of nitrogens with zero attached hydrogens (tertiary/aromatic N) is 4. The first-order valence-electron chi connectivity index (χ1n) is 14.8. The van der Waals surface area contributed by atoms with Crippen LogP contribution in [0.5, 0.6) is 11.5 Å².